The van der Waals surface area contributed by atoms with Gasteiger partial charge in [0.1, 0.15) is 22.2 Å². The fourth-order valence-corrected chi connectivity index (χ4v) is 5.06. The molecule has 0 fully saturated rings. The van der Waals surface area contributed by atoms with E-state index in [1.807, 2.05) is 36.4 Å². The molecule has 6 rings (SSSR count). The van der Waals surface area contributed by atoms with Gasteiger partial charge in [0.25, 0.3) is 0 Å². The number of hydrogen-bond donors (Lipinski definition) is 1. The van der Waals surface area contributed by atoms with Gasteiger partial charge in [-0.1, -0.05) is 29.8 Å². The first-order valence-corrected chi connectivity index (χ1v) is 11.6. The second-order valence-corrected chi connectivity index (χ2v) is 8.90. The Morgan fingerprint density at radius 1 is 1.19 bits per heavy atom. The lowest BCUT2D eigenvalue weighted by Crippen LogP contribution is -2.14. The Hall–Kier alpha value is -4.36. The maximum atomic E-state index is 12.9. The standard InChI is InChI=1S/C28H19ClN2O5/c1-35-18-8-6-16-12-17(27(29)30-20(16)13-18)14-31-21-9-7-15-10-11-36-26(15)24(21)23(25(31)28(33)34)19-4-2-3-5-22(19)32/h2-4,6-13H,5,14H2,1H3,(H,33,34). The topological polar surface area (TPSA) is 94.6 Å². The van der Waals surface area contributed by atoms with Crippen LogP contribution in [-0.2, 0) is 11.3 Å². The summed E-state index contributed by atoms with van der Waals surface area (Å²) in [7, 11) is 1.58. The third kappa shape index (κ3) is 3.39. The molecule has 36 heavy (non-hydrogen) atoms. The van der Waals surface area contributed by atoms with Crippen LogP contribution in [0.5, 0.6) is 5.75 Å². The third-order valence-electron chi connectivity index (χ3n) is 6.50. The number of carbonyl (C=O) groups is 2. The van der Waals surface area contributed by atoms with E-state index in [2.05, 4.69) is 4.98 Å². The predicted molar refractivity (Wildman–Crippen MR) is 138 cm³/mol. The second kappa shape index (κ2) is 8.39. The predicted octanol–water partition coefficient (Wildman–Crippen LogP) is 6.26. The van der Waals surface area contributed by atoms with Crippen molar-refractivity contribution in [1.82, 2.24) is 9.55 Å². The van der Waals surface area contributed by atoms with E-state index in [0.717, 1.165) is 10.8 Å². The Balaban J connectivity index is 1.64. The molecule has 0 bridgehead atoms. The van der Waals surface area contributed by atoms with E-state index in [4.69, 9.17) is 20.8 Å². The molecule has 0 spiro atoms. The number of benzene rings is 2. The highest BCUT2D eigenvalue weighted by Crippen LogP contribution is 2.39. The number of aromatic carboxylic acids is 1. The highest BCUT2D eigenvalue weighted by Gasteiger charge is 2.30. The maximum absolute atomic E-state index is 12.9. The van der Waals surface area contributed by atoms with Gasteiger partial charge >= 0.3 is 5.97 Å². The summed E-state index contributed by atoms with van der Waals surface area (Å²) < 4.78 is 12.7. The number of fused-ring (bicyclic) bond motifs is 4. The van der Waals surface area contributed by atoms with Crippen molar-refractivity contribution in [2.45, 2.75) is 13.0 Å². The van der Waals surface area contributed by atoms with Gasteiger partial charge in [0.15, 0.2) is 5.78 Å². The number of methoxy groups -OCH3 is 1. The van der Waals surface area contributed by atoms with Crippen LogP contribution in [0.15, 0.2) is 71.4 Å². The molecular weight excluding hydrogens is 480 g/mol. The number of allylic oxidation sites excluding steroid dienone is 4. The lowest BCUT2D eigenvalue weighted by molar-refractivity contribution is -0.113. The molecule has 178 valence electrons. The van der Waals surface area contributed by atoms with Crippen LogP contribution in [0.2, 0.25) is 5.15 Å². The number of carboxylic acids is 1. The first kappa shape index (κ1) is 22.1. The average Bonchev–Trinajstić information content (AvgIpc) is 3.47. The average molecular weight is 499 g/mol. The number of carboxylic acid groups (broad SMARTS) is 1. The molecule has 0 aliphatic heterocycles. The summed E-state index contributed by atoms with van der Waals surface area (Å²) in [5, 5.41) is 12.9. The molecule has 1 aliphatic carbocycles. The first-order chi connectivity index (χ1) is 17.5. The molecule has 1 aliphatic rings. The SMILES string of the molecule is COc1ccc2cc(Cn3c(C(=O)O)c(C4=CC=CCC4=O)c4c5occc5ccc43)c(Cl)nc2c1. The molecule has 0 radical (unpaired) electrons. The Bertz CT molecular complexity index is 1790. The minimum absolute atomic E-state index is 0.00491. The van der Waals surface area contributed by atoms with E-state index in [1.165, 1.54) is 0 Å². The summed E-state index contributed by atoms with van der Waals surface area (Å²) in [5.74, 6) is -0.643. The zero-order valence-electron chi connectivity index (χ0n) is 19.1. The molecule has 1 N–H and O–H groups in total. The minimum atomic E-state index is -1.15. The zero-order valence-corrected chi connectivity index (χ0v) is 19.9. The summed E-state index contributed by atoms with van der Waals surface area (Å²) in [6.07, 6.45) is 6.95. The number of Topliss-reactive ketones (excluding diaryl/α,β-unsaturated/α-hetero) is 1. The van der Waals surface area contributed by atoms with E-state index in [1.54, 1.807) is 42.2 Å². The third-order valence-corrected chi connectivity index (χ3v) is 6.83. The van der Waals surface area contributed by atoms with Gasteiger partial charge in [-0.3, -0.25) is 4.79 Å². The highest BCUT2D eigenvalue weighted by atomic mass is 35.5. The van der Waals surface area contributed by atoms with Crippen molar-refractivity contribution < 1.29 is 23.8 Å². The molecule has 0 unspecified atom stereocenters. The van der Waals surface area contributed by atoms with E-state index < -0.39 is 5.97 Å². The van der Waals surface area contributed by atoms with Crippen molar-refractivity contribution in [3.05, 3.63) is 88.9 Å². The summed E-state index contributed by atoms with van der Waals surface area (Å²) in [6.45, 7) is 0.134. The van der Waals surface area contributed by atoms with Crippen molar-refractivity contribution in [3.8, 4) is 5.75 Å². The van der Waals surface area contributed by atoms with E-state index >= 15 is 0 Å². The van der Waals surface area contributed by atoms with E-state index in [0.29, 0.717) is 44.5 Å². The Kier molecular flexibility index (Phi) is 5.16. The van der Waals surface area contributed by atoms with Crippen molar-refractivity contribution in [2.75, 3.05) is 7.11 Å². The Morgan fingerprint density at radius 3 is 2.81 bits per heavy atom. The summed E-state index contributed by atoms with van der Waals surface area (Å²) >= 11 is 6.58. The number of ether oxygens (including phenoxy) is 1. The molecule has 5 aromatic rings. The zero-order chi connectivity index (χ0) is 25.0. The second-order valence-electron chi connectivity index (χ2n) is 8.55. The van der Waals surface area contributed by atoms with Crippen LogP contribution in [0.1, 0.15) is 28.0 Å². The molecule has 3 heterocycles. The van der Waals surface area contributed by atoms with Crippen LogP contribution < -0.4 is 4.74 Å². The fourth-order valence-electron chi connectivity index (χ4n) is 4.85. The molecule has 7 nitrogen and oxygen atoms in total. The Labute approximate surface area is 209 Å². The monoisotopic (exact) mass is 498 g/mol. The largest absolute Gasteiger partial charge is 0.497 e. The Morgan fingerprint density at radius 2 is 2.03 bits per heavy atom. The molecule has 0 saturated heterocycles. The highest BCUT2D eigenvalue weighted by molar-refractivity contribution is 6.31. The molecular formula is C28H19ClN2O5. The van der Waals surface area contributed by atoms with Crippen LogP contribution in [-0.4, -0.2) is 33.5 Å². The van der Waals surface area contributed by atoms with Crippen LogP contribution in [0.3, 0.4) is 0 Å². The van der Waals surface area contributed by atoms with E-state index in [-0.39, 0.29) is 29.6 Å². The van der Waals surface area contributed by atoms with Gasteiger partial charge in [0.2, 0.25) is 0 Å². The van der Waals surface area contributed by atoms with Gasteiger partial charge in [-0.15, -0.1) is 0 Å². The molecule has 0 amide bonds. The quantitative estimate of drug-likeness (QED) is 0.287. The van der Waals surface area contributed by atoms with Crippen LogP contribution in [0, 0.1) is 0 Å². The van der Waals surface area contributed by atoms with Gasteiger partial charge in [0, 0.05) is 40.0 Å². The number of rotatable bonds is 5. The minimum Gasteiger partial charge on any atom is -0.497 e. The molecule has 0 saturated carbocycles. The lowest BCUT2D eigenvalue weighted by Gasteiger charge is -2.13. The number of furan rings is 1. The smallest absolute Gasteiger partial charge is 0.353 e. The molecule has 2 aromatic carbocycles. The van der Waals surface area contributed by atoms with E-state index in [9.17, 15) is 14.7 Å². The van der Waals surface area contributed by atoms with Crippen molar-refractivity contribution in [3.63, 3.8) is 0 Å². The molecule has 0 atom stereocenters. The van der Waals surface area contributed by atoms with Crippen molar-refractivity contribution in [2.24, 2.45) is 0 Å². The fraction of sp³-hybridized carbons (Fsp3) is 0.107. The summed E-state index contributed by atoms with van der Waals surface area (Å²) in [6, 6.07) is 12.9. The van der Waals surface area contributed by atoms with Crippen LogP contribution >= 0.6 is 11.6 Å². The molecule has 8 heteroatoms. The number of nitrogens with zero attached hydrogens (tertiary/aromatic N) is 2. The number of aromatic nitrogens is 2. The number of pyridine rings is 1. The van der Waals surface area contributed by atoms with Crippen molar-refractivity contribution >= 4 is 61.7 Å². The van der Waals surface area contributed by atoms with Gasteiger partial charge < -0.3 is 18.8 Å². The normalized spacial score (nSPS) is 13.6. The summed E-state index contributed by atoms with van der Waals surface area (Å²) in [5.41, 5.74) is 3.15. The number of hydrogen-bond acceptors (Lipinski definition) is 5. The molecule has 3 aromatic heterocycles. The maximum Gasteiger partial charge on any atom is 0.353 e. The van der Waals surface area contributed by atoms with Gasteiger partial charge in [-0.25, -0.2) is 9.78 Å². The van der Waals surface area contributed by atoms with Crippen LogP contribution in [0.25, 0.3) is 38.3 Å². The number of carbonyl (C=O) groups excluding carboxylic acids is 1. The lowest BCUT2D eigenvalue weighted by atomic mass is 9.93. The van der Waals surface area contributed by atoms with Crippen molar-refractivity contribution in [1.29, 1.82) is 0 Å². The van der Waals surface area contributed by atoms with Gasteiger partial charge in [-0.2, -0.15) is 0 Å². The van der Waals surface area contributed by atoms with Crippen LogP contribution in [0.4, 0.5) is 0 Å². The first-order valence-electron chi connectivity index (χ1n) is 11.3. The van der Waals surface area contributed by atoms with Gasteiger partial charge in [-0.05, 0) is 36.4 Å². The summed E-state index contributed by atoms with van der Waals surface area (Å²) in [4.78, 5) is 30.2. The number of ketones is 1. The number of halogens is 1. The van der Waals surface area contributed by atoms with Gasteiger partial charge in [0.05, 0.1) is 36.3 Å².